The van der Waals surface area contributed by atoms with Crippen LogP contribution in [0.3, 0.4) is 0 Å². The van der Waals surface area contributed by atoms with Crippen molar-refractivity contribution in [2.75, 3.05) is 4.90 Å². The summed E-state index contributed by atoms with van der Waals surface area (Å²) < 4.78 is 5.24. The molecular formula is C42H27NS2. The molecular weight excluding hydrogens is 583 g/mol. The van der Waals surface area contributed by atoms with E-state index >= 15 is 0 Å². The molecule has 0 aliphatic carbocycles. The topological polar surface area (TPSA) is 3.24 Å². The van der Waals surface area contributed by atoms with Gasteiger partial charge >= 0.3 is 0 Å². The van der Waals surface area contributed by atoms with Crippen molar-refractivity contribution in [3.05, 3.63) is 164 Å². The maximum Gasteiger partial charge on any atom is 0.0546 e. The van der Waals surface area contributed by atoms with E-state index in [1.165, 1.54) is 62.6 Å². The van der Waals surface area contributed by atoms with Gasteiger partial charge in [-0.3, -0.25) is 0 Å². The lowest BCUT2D eigenvalue weighted by atomic mass is 9.91. The molecule has 1 nitrogen and oxygen atoms in total. The summed E-state index contributed by atoms with van der Waals surface area (Å²) in [6.07, 6.45) is 0. The number of hydrogen-bond acceptors (Lipinski definition) is 3. The summed E-state index contributed by atoms with van der Waals surface area (Å²) in [4.78, 5) is 2.43. The minimum atomic E-state index is 1.13. The number of hydrogen-bond donors (Lipinski definition) is 0. The number of para-hydroxylation sites is 1. The third-order valence-corrected chi connectivity index (χ3v) is 10.9. The lowest BCUT2D eigenvalue weighted by molar-refractivity contribution is 1.29. The van der Waals surface area contributed by atoms with E-state index in [0.717, 1.165) is 17.1 Å². The van der Waals surface area contributed by atoms with Crippen molar-refractivity contribution in [2.45, 2.75) is 0 Å². The van der Waals surface area contributed by atoms with Crippen LogP contribution in [-0.2, 0) is 0 Å². The summed E-state index contributed by atoms with van der Waals surface area (Å²) in [6, 6.07) is 59.7. The minimum absolute atomic E-state index is 1.13. The van der Waals surface area contributed by atoms with Gasteiger partial charge in [0.05, 0.1) is 5.69 Å². The van der Waals surface area contributed by atoms with Gasteiger partial charge in [-0.05, 0) is 65.2 Å². The van der Waals surface area contributed by atoms with Crippen molar-refractivity contribution in [1.29, 1.82) is 0 Å². The van der Waals surface area contributed by atoms with Crippen LogP contribution in [0.1, 0.15) is 0 Å². The molecule has 0 unspecified atom stereocenters. The maximum atomic E-state index is 2.43. The Morgan fingerprint density at radius 3 is 1.64 bits per heavy atom. The number of rotatable bonds is 5. The first-order valence-corrected chi connectivity index (χ1v) is 16.8. The van der Waals surface area contributed by atoms with E-state index in [2.05, 4.69) is 169 Å². The van der Waals surface area contributed by atoms with Crippen LogP contribution in [-0.4, -0.2) is 0 Å². The molecule has 212 valence electrons. The van der Waals surface area contributed by atoms with Gasteiger partial charge in [0.15, 0.2) is 0 Å². The van der Waals surface area contributed by atoms with Crippen molar-refractivity contribution >= 4 is 80.1 Å². The van der Waals surface area contributed by atoms with Crippen LogP contribution < -0.4 is 4.90 Å². The smallest absolute Gasteiger partial charge is 0.0546 e. The Hall–Kier alpha value is -5.22. The highest BCUT2D eigenvalue weighted by Crippen LogP contribution is 2.48. The first-order chi connectivity index (χ1) is 22.3. The van der Waals surface area contributed by atoms with Gasteiger partial charge in [-0.25, -0.2) is 0 Å². The van der Waals surface area contributed by atoms with Crippen LogP contribution in [0, 0.1) is 0 Å². The van der Waals surface area contributed by atoms with E-state index in [-0.39, 0.29) is 0 Å². The molecule has 0 atom stereocenters. The first kappa shape index (κ1) is 26.2. The van der Waals surface area contributed by atoms with E-state index in [4.69, 9.17) is 0 Å². The van der Waals surface area contributed by atoms with E-state index in [9.17, 15) is 0 Å². The summed E-state index contributed by atoms with van der Waals surface area (Å²) in [5.74, 6) is 0. The van der Waals surface area contributed by atoms with E-state index < -0.39 is 0 Å². The second kappa shape index (κ2) is 10.7. The lowest BCUT2D eigenvalue weighted by Gasteiger charge is -2.29. The van der Waals surface area contributed by atoms with Crippen LogP contribution in [0.4, 0.5) is 17.1 Å². The standard InChI is InChI=1S/C42H27NS2/c1-3-12-28(13-4-1)32-18-11-19-37(42(32)29-22-24-35-33-16-7-9-20-38(33)44-40(35)26-29)43(30-14-5-2-6-15-30)31-23-25-36-34-17-8-10-21-39(34)45-41(36)27-31/h1-27H. The summed E-state index contributed by atoms with van der Waals surface area (Å²) >= 11 is 3.73. The summed E-state index contributed by atoms with van der Waals surface area (Å²) in [5.41, 5.74) is 8.30. The van der Waals surface area contributed by atoms with Gasteiger partial charge in [-0.1, -0.05) is 115 Å². The number of benzene rings is 7. The Labute approximate surface area is 269 Å². The molecule has 0 fully saturated rings. The molecule has 0 aliphatic heterocycles. The van der Waals surface area contributed by atoms with Gasteiger partial charge in [0.2, 0.25) is 0 Å². The van der Waals surface area contributed by atoms with Gasteiger partial charge in [0.25, 0.3) is 0 Å². The van der Waals surface area contributed by atoms with Crippen LogP contribution in [0.5, 0.6) is 0 Å². The Bertz CT molecular complexity index is 2490. The van der Waals surface area contributed by atoms with Crippen LogP contribution in [0.25, 0.3) is 62.6 Å². The third-order valence-electron chi connectivity index (χ3n) is 8.67. The lowest BCUT2D eigenvalue weighted by Crippen LogP contribution is -2.11. The van der Waals surface area contributed by atoms with Crippen molar-refractivity contribution in [3.63, 3.8) is 0 Å². The minimum Gasteiger partial charge on any atom is -0.310 e. The fraction of sp³-hybridized carbons (Fsp3) is 0. The average molecular weight is 610 g/mol. The molecule has 0 aliphatic rings. The van der Waals surface area contributed by atoms with Crippen molar-refractivity contribution in [1.82, 2.24) is 0 Å². The van der Waals surface area contributed by atoms with Crippen LogP contribution >= 0.6 is 22.7 Å². The van der Waals surface area contributed by atoms with E-state index in [1.807, 2.05) is 22.7 Å². The maximum absolute atomic E-state index is 2.43. The zero-order chi connectivity index (χ0) is 29.7. The fourth-order valence-electron chi connectivity index (χ4n) is 6.63. The third kappa shape index (κ3) is 4.43. The molecule has 9 aromatic rings. The predicted molar refractivity (Wildman–Crippen MR) is 198 cm³/mol. The molecule has 45 heavy (non-hydrogen) atoms. The predicted octanol–water partition coefficient (Wildman–Crippen LogP) is 13.2. The second-order valence-corrected chi connectivity index (χ2v) is 13.5. The quantitative estimate of drug-likeness (QED) is 0.188. The molecule has 0 saturated carbocycles. The molecule has 0 spiro atoms. The molecule has 7 aromatic carbocycles. The Kier molecular flexibility index (Phi) is 6.26. The Morgan fingerprint density at radius 2 is 0.933 bits per heavy atom. The fourth-order valence-corrected chi connectivity index (χ4v) is 8.91. The summed E-state index contributed by atoms with van der Waals surface area (Å²) in [5, 5.41) is 5.26. The number of anilines is 3. The number of nitrogens with zero attached hydrogens (tertiary/aromatic N) is 1. The Balaban J connectivity index is 1.33. The Morgan fingerprint density at radius 1 is 0.356 bits per heavy atom. The number of thiophene rings is 2. The molecule has 2 heterocycles. The molecule has 0 N–H and O–H groups in total. The number of fused-ring (bicyclic) bond motifs is 6. The van der Waals surface area contributed by atoms with Gasteiger partial charge in [0, 0.05) is 57.3 Å². The highest BCUT2D eigenvalue weighted by molar-refractivity contribution is 7.26. The molecule has 0 radical (unpaired) electrons. The molecule has 2 aromatic heterocycles. The van der Waals surface area contributed by atoms with E-state index in [0.29, 0.717) is 0 Å². The molecule has 3 heteroatoms. The zero-order valence-electron chi connectivity index (χ0n) is 24.4. The first-order valence-electron chi connectivity index (χ1n) is 15.2. The molecule has 0 saturated heterocycles. The van der Waals surface area contributed by atoms with E-state index in [1.54, 1.807) is 0 Å². The zero-order valence-corrected chi connectivity index (χ0v) is 26.0. The van der Waals surface area contributed by atoms with Gasteiger partial charge in [0.1, 0.15) is 0 Å². The highest BCUT2D eigenvalue weighted by Gasteiger charge is 2.22. The second-order valence-electron chi connectivity index (χ2n) is 11.3. The summed E-state index contributed by atoms with van der Waals surface area (Å²) in [6.45, 7) is 0. The van der Waals surface area contributed by atoms with Crippen LogP contribution in [0.2, 0.25) is 0 Å². The van der Waals surface area contributed by atoms with Crippen molar-refractivity contribution < 1.29 is 0 Å². The highest BCUT2D eigenvalue weighted by atomic mass is 32.1. The van der Waals surface area contributed by atoms with Gasteiger partial charge in [-0.2, -0.15) is 0 Å². The molecule has 0 bridgehead atoms. The van der Waals surface area contributed by atoms with Gasteiger partial charge in [-0.15, -0.1) is 22.7 Å². The largest absolute Gasteiger partial charge is 0.310 e. The average Bonchev–Trinajstić information content (AvgIpc) is 3.67. The SMILES string of the molecule is c1ccc(-c2cccc(N(c3ccccc3)c3ccc4c(c3)sc3ccccc34)c2-c2ccc3c(c2)sc2ccccc23)cc1. The monoisotopic (exact) mass is 609 g/mol. The summed E-state index contributed by atoms with van der Waals surface area (Å²) in [7, 11) is 0. The van der Waals surface area contributed by atoms with Gasteiger partial charge < -0.3 is 4.90 Å². The van der Waals surface area contributed by atoms with Crippen molar-refractivity contribution in [3.8, 4) is 22.3 Å². The molecule has 9 rings (SSSR count). The van der Waals surface area contributed by atoms with Crippen LogP contribution in [0.15, 0.2) is 164 Å². The normalized spacial score (nSPS) is 11.6. The molecule has 0 amide bonds. The van der Waals surface area contributed by atoms with Crippen molar-refractivity contribution in [2.24, 2.45) is 0 Å².